The van der Waals surface area contributed by atoms with Crippen LogP contribution in [0.5, 0.6) is 0 Å². The SMILES string of the molecule is COC[C@@]1(CC(N)=O)CCCN1C(=O)c1ncoc1C. The topological polar surface area (TPSA) is 98.7 Å². The number of likely N-dealkylation sites (tertiary alicyclic amines) is 1. The fourth-order valence-electron chi connectivity index (χ4n) is 2.87. The van der Waals surface area contributed by atoms with Gasteiger partial charge in [0, 0.05) is 13.7 Å². The van der Waals surface area contributed by atoms with Crippen LogP contribution in [0.2, 0.25) is 0 Å². The molecule has 1 aromatic rings. The summed E-state index contributed by atoms with van der Waals surface area (Å²) in [7, 11) is 1.55. The monoisotopic (exact) mass is 281 g/mol. The number of ether oxygens (including phenoxy) is 1. The molecule has 1 aromatic heterocycles. The summed E-state index contributed by atoms with van der Waals surface area (Å²) in [6.45, 7) is 2.52. The van der Waals surface area contributed by atoms with E-state index in [2.05, 4.69) is 4.98 Å². The van der Waals surface area contributed by atoms with Gasteiger partial charge in [-0.3, -0.25) is 9.59 Å². The van der Waals surface area contributed by atoms with E-state index in [1.54, 1.807) is 18.9 Å². The van der Waals surface area contributed by atoms with Crippen molar-refractivity contribution in [2.75, 3.05) is 20.3 Å². The molecule has 2 rings (SSSR count). The summed E-state index contributed by atoms with van der Waals surface area (Å²) in [5.41, 5.74) is 4.93. The minimum absolute atomic E-state index is 0.0868. The molecule has 0 radical (unpaired) electrons. The summed E-state index contributed by atoms with van der Waals surface area (Å²) in [6.07, 6.45) is 2.82. The number of aryl methyl sites for hydroxylation is 1. The fraction of sp³-hybridized carbons (Fsp3) is 0.615. The van der Waals surface area contributed by atoms with E-state index < -0.39 is 11.4 Å². The molecule has 7 nitrogen and oxygen atoms in total. The van der Waals surface area contributed by atoms with E-state index in [1.807, 2.05) is 0 Å². The lowest BCUT2D eigenvalue weighted by molar-refractivity contribution is -0.121. The Balaban J connectivity index is 2.30. The second kappa shape index (κ2) is 5.62. The number of hydrogen-bond acceptors (Lipinski definition) is 5. The normalized spacial score (nSPS) is 22.2. The summed E-state index contributed by atoms with van der Waals surface area (Å²) in [5, 5.41) is 0. The van der Waals surface area contributed by atoms with Crippen molar-refractivity contribution in [2.45, 2.75) is 31.7 Å². The van der Waals surface area contributed by atoms with E-state index in [1.165, 1.54) is 6.39 Å². The number of nitrogens with zero attached hydrogens (tertiary/aromatic N) is 2. The lowest BCUT2D eigenvalue weighted by atomic mass is 9.92. The number of carbonyl (C=O) groups is 2. The molecule has 1 aliphatic rings. The van der Waals surface area contributed by atoms with Crippen LogP contribution in [0.1, 0.15) is 35.5 Å². The third-order valence-corrected chi connectivity index (χ3v) is 3.71. The van der Waals surface area contributed by atoms with E-state index in [9.17, 15) is 9.59 Å². The summed E-state index contributed by atoms with van der Waals surface area (Å²) in [4.78, 5) is 29.5. The van der Waals surface area contributed by atoms with E-state index in [0.29, 0.717) is 18.7 Å². The van der Waals surface area contributed by atoms with Crippen LogP contribution in [0.4, 0.5) is 0 Å². The zero-order valence-electron chi connectivity index (χ0n) is 11.7. The van der Waals surface area contributed by atoms with Gasteiger partial charge in [-0.05, 0) is 19.8 Å². The van der Waals surface area contributed by atoms with Gasteiger partial charge in [0.1, 0.15) is 5.76 Å². The molecule has 2 amide bonds. The first-order valence-electron chi connectivity index (χ1n) is 6.49. The number of oxazole rings is 1. The van der Waals surface area contributed by atoms with Crippen molar-refractivity contribution < 1.29 is 18.7 Å². The van der Waals surface area contributed by atoms with Gasteiger partial charge in [-0.2, -0.15) is 0 Å². The Bertz CT molecular complexity index is 513. The van der Waals surface area contributed by atoms with Crippen LogP contribution in [0.3, 0.4) is 0 Å². The highest BCUT2D eigenvalue weighted by molar-refractivity contribution is 5.94. The number of aromatic nitrogens is 1. The van der Waals surface area contributed by atoms with Gasteiger partial charge in [0.2, 0.25) is 5.91 Å². The number of hydrogen-bond donors (Lipinski definition) is 1. The Labute approximate surface area is 117 Å². The zero-order valence-corrected chi connectivity index (χ0v) is 11.7. The Morgan fingerprint density at radius 1 is 1.60 bits per heavy atom. The van der Waals surface area contributed by atoms with E-state index in [0.717, 1.165) is 6.42 Å². The maximum Gasteiger partial charge on any atom is 0.276 e. The largest absolute Gasteiger partial charge is 0.448 e. The molecule has 1 fully saturated rings. The summed E-state index contributed by atoms with van der Waals surface area (Å²) < 4.78 is 10.3. The van der Waals surface area contributed by atoms with Gasteiger partial charge in [0.25, 0.3) is 5.91 Å². The van der Waals surface area contributed by atoms with Gasteiger partial charge >= 0.3 is 0 Å². The molecule has 7 heteroatoms. The standard InChI is InChI=1S/C13H19N3O4/c1-9-11(15-8-20-9)12(18)16-5-3-4-13(16,7-19-2)6-10(14)17/h8H,3-7H2,1-2H3,(H2,14,17)/t13-/m0/s1. The van der Waals surface area contributed by atoms with E-state index in [-0.39, 0.29) is 24.6 Å². The van der Waals surface area contributed by atoms with Crippen molar-refractivity contribution in [3.63, 3.8) is 0 Å². The Hall–Kier alpha value is -1.89. The third kappa shape index (κ3) is 2.53. The molecular formula is C13H19N3O4. The van der Waals surface area contributed by atoms with Gasteiger partial charge in [-0.25, -0.2) is 4.98 Å². The van der Waals surface area contributed by atoms with Gasteiger partial charge in [0.15, 0.2) is 12.1 Å². The number of rotatable bonds is 5. The molecule has 0 saturated carbocycles. The maximum atomic E-state index is 12.6. The van der Waals surface area contributed by atoms with E-state index in [4.69, 9.17) is 14.9 Å². The quantitative estimate of drug-likeness (QED) is 0.846. The molecule has 2 N–H and O–H groups in total. The minimum atomic E-state index is -0.678. The van der Waals surface area contributed by atoms with Crippen molar-refractivity contribution in [3.8, 4) is 0 Å². The maximum absolute atomic E-state index is 12.6. The van der Waals surface area contributed by atoms with Gasteiger partial charge in [-0.1, -0.05) is 0 Å². The number of nitrogens with two attached hydrogens (primary N) is 1. The van der Waals surface area contributed by atoms with E-state index >= 15 is 0 Å². The summed E-state index contributed by atoms with van der Waals surface area (Å²) >= 11 is 0. The lowest BCUT2D eigenvalue weighted by Gasteiger charge is -2.37. The molecule has 0 spiro atoms. The smallest absolute Gasteiger partial charge is 0.276 e. The fourth-order valence-corrected chi connectivity index (χ4v) is 2.87. The molecule has 110 valence electrons. The molecule has 1 atom stereocenters. The molecule has 2 heterocycles. The number of methoxy groups -OCH3 is 1. The van der Waals surface area contributed by atoms with Crippen LogP contribution >= 0.6 is 0 Å². The lowest BCUT2D eigenvalue weighted by Crippen LogP contribution is -2.52. The molecule has 0 aromatic carbocycles. The van der Waals surface area contributed by atoms with Crippen LogP contribution in [0.25, 0.3) is 0 Å². The Morgan fingerprint density at radius 2 is 2.35 bits per heavy atom. The first-order valence-corrected chi connectivity index (χ1v) is 6.49. The summed E-state index contributed by atoms with van der Waals surface area (Å²) in [6, 6.07) is 0. The second-order valence-electron chi connectivity index (χ2n) is 5.12. The van der Waals surface area contributed by atoms with Crippen LogP contribution < -0.4 is 5.73 Å². The first kappa shape index (κ1) is 14.5. The van der Waals surface area contributed by atoms with Crippen molar-refractivity contribution in [1.29, 1.82) is 0 Å². The average molecular weight is 281 g/mol. The average Bonchev–Trinajstić information content (AvgIpc) is 2.95. The van der Waals surface area contributed by atoms with Gasteiger partial charge < -0.3 is 19.8 Å². The zero-order chi connectivity index (χ0) is 14.8. The Morgan fingerprint density at radius 3 is 2.90 bits per heavy atom. The highest BCUT2D eigenvalue weighted by Crippen LogP contribution is 2.34. The van der Waals surface area contributed by atoms with Crippen molar-refractivity contribution in [1.82, 2.24) is 9.88 Å². The number of amides is 2. The number of carbonyl (C=O) groups excluding carboxylic acids is 2. The predicted octanol–water partition coefficient (Wildman–Crippen LogP) is 0.480. The molecule has 1 aliphatic heterocycles. The van der Waals surface area contributed by atoms with Crippen LogP contribution in [0.15, 0.2) is 10.8 Å². The third-order valence-electron chi connectivity index (χ3n) is 3.71. The molecule has 0 aliphatic carbocycles. The highest BCUT2D eigenvalue weighted by Gasteiger charge is 2.45. The molecular weight excluding hydrogens is 262 g/mol. The molecule has 20 heavy (non-hydrogen) atoms. The molecule has 0 bridgehead atoms. The van der Waals surface area contributed by atoms with Crippen LogP contribution in [-0.2, 0) is 9.53 Å². The van der Waals surface area contributed by atoms with Crippen molar-refractivity contribution >= 4 is 11.8 Å². The predicted molar refractivity (Wildman–Crippen MR) is 69.9 cm³/mol. The summed E-state index contributed by atoms with van der Waals surface area (Å²) in [5.74, 6) is -0.224. The minimum Gasteiger partial charge on any atom is -0.448 e. The Kier molecular flexibility index (Phi) is 4.08. The molecule has 0 unspecified atom stereocenters. The van der Waals surface area contributed by atoms with Crippen molar-refractivity contribution in [2.24, 2.45) is 5.73 Å². The van der Waals surface area contributed by atoms with Gasteiger partial charge in [-0.15, -0.1) is 0 Å². The van der Waals surface area contributed by atoms with Crippen LogP contribution in [0, 0.1) is 6.92 Å². The van der Waals surface area contributed by atoms with Crippen molar-refractivity contribution in [3.05, 3.63) is 17.8 Å². The molecule has 1 saturated heterocycles. The highest BCUT2D eigenvalue weighted by atomic mass is 16.5. The number of primary amides is 1. The van der Waals surface area contributed by atoms with Gasteiger partial charge in [0.05, 0.1) is 18.6 Å². The first-order chi connectivity index (χ1) is 9.50. The second-order valence-corrected chi connectivity index (χ2v) is 5.12. The van der Waals surface area contributed by atoms with Crippen LogP contribution in [-0.4, -0.2) is 47.5 Å².